The second kappa shape index (κ2) is 8.59. The lowest BCUT2D eigenvalue weighted by Gasteiger charge is -2.42. The van der Waals surface area contributed by atoms with Crippen LogP contribution in [0.25, 0.3) is 0 Å². The number of hydrogen-bond acceptors (Lipinski definition) is 9. The van der Waals surface area contributed by atoms with Crippen molar-refractivity contribution in [1.29, 1.82) is 0 Å². The molecule has 12 nitrogen and oxygen atoms in total. The van der Waals surface area contributed by atoms with E-state index in [1.165, 1.54) is 31.9 Å². The van der Waals surface area contributed by atoms with Crippen LogP contribution < -0.4 is 30.8 Å². The minimum Gasteiger partial charge on any atom is -0.496 e. The Labute approximate surface area is 232 Å². The number of nitrogens with zero attached hydrogens (tertiary/aromatic N) is 4. The molecule has 3 aromatic rings. The molecule has 1 spiro atoms. The van der Waals surface area contributed by atoms with Gasteiger partial charge in [0, 0.05) is 56.2 Å². The quantitative estimate of drug-likeness (QED) is 0.471. The lowest BCUT2D eigenvalue weighted by molar-refractivity contribution is -0.130. The molecule has 0 saturated heterocycles. The lowest BCUT2D eigenvalue weighted by Crippen LogP contribution is -2.58. The van der Waals surface area contributed by atoms with Crippen LogP contribution in [0.2, 0.25) is 5.02 Å². The Morgan fingerprint density at radius 3 is 2.40 bits per heavy atom. The van der Waals surface area contributed by atoms with E-state index in [1.807, 2.05) is 0 Å². The summed E-state index contributed by atoms with van der Waals surface area (Å²) < 4.78 is 21.0. The third-order valence-corrected chi connectivity index (χ3v) is 8.49. The van der Waals surface area contributed by atoms with Crippen molar-refractivity contribution in [3.63, 3.8) is 0 Å². The van der Waals surface area contributed by atoms with Gasteiger partial charge in [-0.25, -0.2) is 4.79 Å². The van der Waals surface area contributed by atoms with E-state index < -0.39 is 40.3 Å². The molecule has 2 aliphatic heterocycles. The highest BCUT2D eigenvalue weighted by molar-refractivity contribution is 6.36. The molecule has 0 bridgehead atoms. The first-order valence-electron chi connectivity index (χ1n) is 12.5. The number of carbonyl (C=O) groups excluding carboxylic acids is 2. The largest absolute Gasteiger partial charge is 0.496 e. The van der Waals surface area contributed by atoms with Gasteiger partial charge in [-0.15, -0.1) is 0 Å². The average Bonchev–Trinajstić information content (AvgIpc) is 3.51. The molecule has 13 heteroatoms. The lowest BCUT2D eigenvalue weighted by atomic mass is 9.66. The van der Waals surface area contributed by atoms with Gasteiger partial charge in [-0.2, -0.15) is 5.10 Å². The van der Waals surface area contributed by atoms with Crippen LogP contribution >= 0.6 is 11.6 Å². The molecule has 208 valence electrons. The van der Waals surface area contributed by atoms with Crippen molar-refractivity contribution in [1.82, 2.24) is 18.9 Å². The average molecular weight is 568 g/mol. The molecular formula is C27H26ClN5O7. The number of ether oxygens (including phenoxy) is 3. The molecule has 1 aromatic carbocycles. The Morgan fingerprint density at radius 1 is 1.07 bits per heavy atom. The SMILES string of the molecule is COc1cc(OC)c2c(c1Cl)O[C@@]1(C(=O)C3=C(C[C@H]1C)Nc1c(c(=O)n(C)c(=O)n1C)[C@@H]3c1cnn(C)c1)C2=O. The van der Waals surface area contributed by atoms with Gasteiger partial charge in [0.2, 0.25) is 17.2 Å². The molecule has 40 heavy (non-hydrogen) atoms. The molecule has 3 aliphatic rings. The minimum atomic E-state index is -1.96. The van der Waals surface area contributed by atoms with Crippen molar-refractivity contribution in [2.75, 3.05) is 19.5 Å². The molecule has 0 unspecified atom stereocenters. The topological polar surface area (TPSA) is 136 Å². The first kappa shape index (κ1) is 25.9. The summed E-state index contributed by atoms with van der Waals surface area (Å²) in [5.74, 6) is -2.09. The minimum absolute atomic E-state index is 0.00697. The number of nitrogens with one attached hydrogen (secondary N) is 1. The third-order valence-electron chi connectivity index (χ3n) is 8.13. The highest BCUT2D eigenvalue weighted by Gasteiger charge is 2.63. The van der Waals surface area contributed by atoms with Crippen molar-refractivity contribution >= 4 is 29.0 Å². The van der Waals surface area contributed by atoms with Gasteiger partial charge in [-0.05, 0) is 6.42 Å². The van der Waals surface area contributed by atoms with Gasteiger partial charge in [0.05, 0.1) is 31.9 Å². The predicted molar refractivity (Wildman–Crippen MR) is 144 cm³/mol. The standard InChI is InChI=1S/C27H26ClN5O7/c1-11-7-13-17(22(34)27(11)23(35)18-14(38-5)8-15(39-6)20(28)21(18)40-27)16(12-9-29-31(2)10-12)19-24(30-13)32(3)26(37)33(4)25(19)36/h8-11,16,30H,7H2,1-6H3/t11-,16-,27+/m1/s1. The molecule has 2 aromatic heterocycles. The summed E-state index contributed by atoms with van der Waals surface area (Å²) in [4.78, 5) is 55.3. The van der Waals surface area contributed by atoms with E-state index in [9.17, 15) is 19.2 Å². The summed E-state index contributed by atoms with van der Waals surface area (Å²) in [6.07, 6.45) is 3.46. The smallest absolute Gasteiger partial charge is 0.332 e. The highest BCUT2D eigenvalue weighted by Crippen LogP contribution is 2.56. The number of benzene rings is 1. The summed E-state index contributed by atoms with van der Waals surface area (Å²) in [6.45, 7) is 1.74. The van der Waals surface area contributed by atoms with Crippen LogP contribution in [0.4, 0.5) is 5.82 Å². The number of hydrogen-bond donors (Lipinski definition) is 1. The van der Waals surface area contributed by atoms with Crippen molar-refractivity contribution in [2.45, 2.75) is 24.9 Å². The highest BCUT2D eigenvalue weighted by atomic mass is 35.5. The van der Waals surface area contributed by atoms with E-state index in [0.717, 1.165) is 4.57 Å². The second-order valence-corrected chi connectivity index (χ2v) is 10.6. The molecule has 4 heterocycles. The number of methoxy groups -OCH3 is 2. The molecular weight excluding hydrogens is 542 g/mol. The molecule has 3 atom stereocenters. The number of allylic oxidation sites excluding steroid dienone is 1. The van der Waals surface area contributed by atoms with Gasteiger partial charge in [-0.3, -0.25) is 28.2 Å². The van der Waals surface area contributed by atoms with E-state index in [2.05, 4.69) is 10.4 Å². The van der Waals surface area contributed by atoms with E-state index in [4.69, 9.17) is 25.8 Å². The number of fused-ring (bicyclic) bond motifs is 2. The van der Waals surface area contributed by atoms with E-state index >= 15 is 0 Å². The Bertz CT molecular complexity index is 1820. The Kier molecular flexibility index (Phi) is 5.57. The van der Waals surface area contributed by atoms with Crippen LogP contribution in [0.1, 0.15) is 40.7 Å². The molecule has 0 amide bonds. The van der Waals surface area contributed by atoms with Gasteiger partial charge in [-0.1, -0.05) is 18.5 Å². The van der Waals surface area contributed by atoms with E-state index in [0.29, 0.717) is 11.3 Å². The number of rotatable bonds is 3. The van der Waals surface area contributed by atoms with Gasteiger partial charge >= 0.3 is 5.69 Å². The van der Waals surface area contributed by atoms with Crippen LogP contribution in [0.15, 0.2) is 39.3 Å². The maximum Gasteiger partial charge on any atom is 0.332 e. The Morgan fingerprint density at radius 2 is 1.77 bits per heavy atom. The third kappa shape index (κ3) is 3.10. The van der Waals surface area contributed by atoms with Crippen molar-refractivity contribution in [2.24, 2.45) is 27.1 Å². The molecule has 1 aliphatic carbocycles. The molecule has 0 fully saturated rings. The number of anilines is 1. The van der Waals surface area contributed by atoms with Gasteiger partial charge < -0.3 is 19.5 Å². The number of halogens is 1. The Hall–Kier alpha value is -4.32. The molecule has 0 saturated carbocycles. The number of aryl methyl sites for hydroxylation is 1. The normalized spacial score (nSPS) is 23.0. The summed E-state index contributed by atoms with van der Waals surface area (Å²) in [5.41, 5.74) is -1.57. The summed E-state index contributed by atoms with van der Waals surface area (Å²) in [5, 5.41) is 7.49. The fraction of sp³-hybridized carbons (Fsp3) is 0.370. The number of carbonyl (C=O) groups is 2. The maximum absolute atomic E-state index is 14.7. The van der Waals surface area contributed by atoms with Crippen molar-refractivity contribution < 1.29 is 23.8 Å². The van der Waals surface area contributed by atoms with Crippen LogP contribution in [0.5, 0.6) is 17.2 Å². The summed E-state index contributed by atoms with van der Waals surface area (Å²) in [7, 11) is 7.46. The number of ketones is 2. The van der Waals surface area contributed by atoms with E-state index in [-0.39, 0.29) is 51.2 Å². The van der Waals surface area contributed by atoms with Crippen molar-refractivity contribution in [3.05, 3.63) is 72.3 Å². The predicted octanol–water partition coefficient (Wildman–Crippen LogP) is 1.92. The monoisotopic (exact) mass is 567 g/mol. The molecule has 0 radical (unpaired) electrons. The second-order valence-electron chi connectivity index (χ2n) is 10.3. The fourth-order valence-electron chi connectivity index (χ4n) is 6.11. The maximum atomic E-state index is 14.7. The van der Waals surface area contributed by atoms with Gasteiger partial charge in [0.25, 0.3) is 5.56 Å². The fourth-order valence-corrected chi connectivity index (χ4v) is 6.38. The summed E-state index contributed by atoms with van der Waals surface area (Å²) in [6, 6.07) is 1.48. The molecule has 1 N–H and O–H groups in total. The summed E-state index contributed by atoms with van der Waals surface area (Å²) >= 11 is 6.57. The van der Waals surface area contributed by atoms with Crippen LogP contribution in [0.3, 0.4) is 0 Å². The first-order chi connectivity index (χ1) is 19.0. The Balaban J connectivity index is 1.61. The zero-order valence-corrected chi connectivity index (χ0v) is 23.4. The number of aromatic nitrogens is 4. The zero-order chi connectivity index (χ0) is 28.8. The van der Waals surface area contributed by atoms with Crippen LogP contribution in [-0.4, -0.2) is 50.3 Å². The van der Waals surface area contributed by atoms with Gasteiger partial charge in [0.15, 0.2) is 5.75 Å². The van der Waals surface area contributed by atoms with Gasteiger partial charge in [0.1, 0.15) is 27.9 Å². The zero-order valence-electron chi connectivity index (χ0n) is 22.6. The van der Waals surface area contributed by atoms with Crippen LogP contribution in [0, 0.1) is 5.92 Å². The first-order valence-corrected chi connectivity index (χ1v) is 12.9. The van der Waals surface area contributed by atoms with Crippen LogP contribution in [-0.2, 0) is 25.9 Å². The van der Waals surface area contributed by atoms with Crippen molar-refractivity contribution in [3.8, 4) is 17.2 Å². The van der Waals surface area contributed by atoms with E-state index in [1.54, 1.807) is 38.1 Å². The molecule has 6 rings (SSSR count). The number of Topliss-reactive ketones (excluding diaryl/α,β-unsaturated/α-hetero) is 2.